The molecule has 1 aromatic carbocycles. The van der Waals surface area contributed by atoms with Gasteiger partial charge in [0.05, 0.1) is 13.2 Å². The van der Waals surface area contributed by atoms with E-state index < -0.39 is 10.0 Å². The first-order chi connectivity index (χ1) is 10.8. The third kappa shape index (κ3) is 5.81. The average molecular weight is 344 g/mol. The molecule has 1 rings (SSSR count). The number of methoxy groups -OCH3 is 1. The van der Waals surface area contributed by atoms with Crippen molar-refractivity contribution in [3.63, 3.8) is 0 Å². The number of hydrogen-bond acceptors (Lipinski definition) is 5. The molecule has 0 aromatic heterocycles. The zero-order chi connectivity index (χ0) is 17.5. The Morgan fingerprint density at radius 2 is 2.00 bits per heavy atom. The smallest absolute Gasteiger partial charge is 0.251 e. The predicted octanol–water partition coefficient (Wildman–Crippen LogP) is 1.15. The van der Waals surface area contributed by atoms with E-state index in [2.05, 4.69) is 10.0 Å². The number of amides is 1. The summed E-state index contributed by atoms with van der Waals surface area (Å²) in [5, 5.41) is 2.73. The number of sulfonamides is 1. The largest absolute Gasteiger partial charge is 0.495 e. The van der Waals surface area contributed by atoms with Crippen LogP contribution in [0, 0.1) is 0 Å². The van der Waals surface area contributed by atoms with Crippen molar-refractivity contribution in [1.29, 1.82) is 0 Å². The monoisotopic (exact) mass is 344 g/mol. The molecule has 0 aliphatic heterocycles. The van der Waals surface area contributed by atoms with Gasteiger partial charge in [-0.15, -0.1) is 0 Å². The van der Waals surface area contributed by atoms with Gasteiger partial charge in [0.15, 0.2) is 0 Å². The van der Waals surface area contributed by atoms with Crippen LogP contribution in [0.2, 0.25) is 0 Å². The van der Waals surface area contributed by atoms with Crippen molar-refractivity contribution < 1.29 is 22.7 Å². The molecule has 0 heterocycles. The molecule has 7 nitrogen and oxygen atoms in total. The average Bonchev–Trinajstić information content (AvgIpc) is 2.53. The first kappa shape index (κ1) is 19.4. The molecule has 8 heteroatoms. The molecule has 0 saturated carbocycles. The molecular formula is C15H24N2O5S. The maximum Gasteiger partial charge on any atom is 0.251 e. The molecule has 0 fully saturated rings. The number of hydrogen-bond donors (Lipinski definition) is 2. The number of carbonyl (C=O) groups is 1. The lowest BCUT2D eigenvalue weighted by Crippen LogP contribution is -2.26. The Bertz CT molecular complexity index is 629. The van der Waals surface area contributed by atoms with Crippen molar-refractivity contribution in [2.75, 3.05) is 27.3 Å². The van der Waals surface area contributed by atoms with E-state index in [0.29, 0.717) is 19.6 Å². The Morgan fingerprint density at radius 3 is 2.57 bits per heavy atom. The van der Waals surface area contributed by atoms with Gasteiger partial charge in [-0.1, -0.05) is 0 Å². The Balaban J connectivity index is 2.77. The van der Waals surface area contributed by atoms with Gasteiger partial charge < -0.3 is 14.8 Å². The number of ether oxygens (including phenoxy) is 2. The van der Waals surface area contributed by atoms with E-state index in [1.54, 1.807) is 0 Å². The Kier molecular flexibility index (Phi) is 7.47. The van der Waals surface area contributed by atoms with Crippen molar-refractivity contribution >= 4 is 15.9 Å². The SMILES string of the molecule is CNS(=O)(=O)c1cc(C(=O)NCCCOC(C)C)ccc1OC. The van der Waals surface area contributed by atoms with Crippen LogP contribution >= 0.6 is 0 Å². The molecule has 0 unspecified atom stereocenters. The highest BCUT2D eigenvalue weighted by molar-refractivity contribution is 7.89. The predicted molar refractivity (Wildman–Crippen MR) is 87.3 cm³/mol. The summed E-state index contributed by atoms with van der Waals surface area (Å²) in [7, 11) is -1.04. The van der Waals surface area contributed by atoms with Crippen LogP contribution in [-0.4, -0.2) is 47.7 Å². The van der Waals surface area contributed by atoms with Crippen LogP contribution < -0.4 is 14.8 Å². The first-order valence-electron chi connectivity index (χ1n) is 7.33. The van der Waals surface area contributed by atoms with Gasteiger partial charge >= 0.3 is 0 Å². The van der Waals surface area contributed by atoms with Gasteiger partial charge in [0, 0.05) is 18.7 Å². The summed E-state index contributed by atoms with van der Waals surface area (Å²) in [5.74, 6) is -0.161. The van der Waals surface area contributed by atoms with Crippen molar-refractivity contribution in [3.05, 3.63) is 23.8 Å². The second kappa shape index (κ2) is 8.85. The number of carbonyl (C=O) groups excluding carboxylic acids is 1. The van der Waals surface area contributed by atoms with Crippen LogP contribution in [0.5, 0.6) is 5.75 Å². The van der Waals surface area contributed by atoms with Gasteiger partial charge in [-0.25, -0.2) is 13.1 Å². The fourth-order valence-electron chi connectivity index (χ4n) is 1.83. The van der Waals surface area contributed by atoms with E-state index in [9.17, 15) is 13.2 Å². The lowest BCUT2D eigenvalue weighted by molar-refractivity contribution is 0.0757. The van der Waals surface area contributed by atoms with Gasteiger partial charge in [0.25, 0.3) is 5.91 Å². The van der Waals surface area contributed by atoms with E-state index >= 15 is 0 Å². The molecule has 23 heavy (non-hydrogen) atoms. The minimum Gasteiger partial charge on any atom is -0.495 e. The molecule has 0 bridgehead atoms. The third-order valence-electron chi connectivity index (χ3n) is 3.04. The van der Waals surface area contributed by atoms with Crippen molar-refractivity contribution in [3.8, 4) is 5.75 Å². The number of benzene rings is 1. The molecule has 0 saturated heterocycles. The van der Waals surface area contributed by atoms with Gasteiger partial charge in [0.2, 0.25) is 10.0 Å². The van der Waals surface area contributed by atoms with E-state index in [1.807, 2.05) is 13.8 Å². The fraction of sp³-hybridized carbons (Fsp3) is 0.533. The van der Waals surface area contributed by atoms with Crippen LogP contribution in [-0.2, 0) is 14.8 Å². The summed E-state index contributed by atoms with van der Waals surface area (Å²) in [6.45, 7) is 4.89. The molecule has 0 spiro atoms. The fourth-order valence-corrected chi connectivity index (χ4v) is 2.75. The van der Waals surface area contributed by atoms with E-state index in [-0.39, 0.29) is 28.2 Å². The molecule has 1 aromatic rings. The van der Waals surface area contributed by atoms with E-state index in [1.165, 1.54) is 32.4 Å². The van der Waals surface area contributed by atoms with Crippen LogP contribution in [0.4, 0.5) is 0 Å². The molecular weight excluding hydrogens is 320 g/mol. The minimum absolute atomic E-state index is 0.0710. The van der Waals surface area contributed by atoms with Gasteiger partial charge in [-0.3, -0.25) is 4.79 Å². The van der Waals surface area contributed by atoms with Crippen LogP contribution in [0.15, 0.2) is 23.1 Å². The highest BCUT2D eigenvalue weighted by Gasteiger charge is 2.20. The highest BCUT2D eigenvalue weighted by Crippen LogP contribution is 2.24. The standard InChI is InChI=1S/C15H24N2O5S/c1-11(2)22-9-5-8-17-15(18)12-6-7-13(21-4)14(10-12)23(19,20)16-3/h6-7,10-11,16H,5,8-9H2,1-4H3,(H,17,18). The van der Waals surface area contributed by atoms with Crippen LogP contribution in [0.3, 0.4) is 0 Å². The molecule has 1 amide bonds. The zero-order valence-corrected chi connectivity index (χ0v) is 14.7. The summed E-state index contributed by atoms with van der Waals surface area (Å²) in [5.41, 5.74) is 0.254. The van der Waals surface area contributed by atoms with Gasteiger partial charge in [-0.05, 0) is 45.5 Å². The number of nitrogens with one attached hydrogen (secondary N) is 2. The maximum atomic E-state index is 12.1. The Morgan fingerprint density at radius 1 is 1.30 bits per heavy atom. The summed E-state index contributed by atoms with van der Waals surface area (Å²) in [6.07, 6.45) is 0.837. The molecule has 2 N–H and O–H groups in total. The molecule has 0 aliphatic carbocycles. The summed E-state index contributed by atoms with van der Waals surface area (Å²) >= 11 is 0. The van der Waals surface area contributed by atoms with Gasteiger partial charge in [0.1, 0.15) is 10.6 Å². The summed E-state index contributed by atoms with van der Waals surface area (Å²) in [4.78, 5) is 12.0. The minimum atomic E-state index is -3.71. The lowest BCUT2D eigenvalue weighted by atomic mass is 10.2. The summed E-state index contributed by atoms with van der Waals surface area (Å²) < 4.78 is 36.6. The second-order valence-electron chi connectivity index (χ2n) is 5.10. The maximum absolute atomic E-state index is 12.1. The zero-order valence-electron chi connectivity index (χ0n) is 13.9. The normalized spacial score (nSPS) is 11.5. The van der Waals surface area contributed by atoms with Crippen molar-refractivity contribution in [2.45, 2.75) is 31.3 Å². The molecule has 0 radical (unpaired) electrons. The highest BCUT2D eigenvalue weighted by atomic mass is 32.2. The van der Waals surface area contributed by atoms with Gasteiger partial charge in [-0.2, -0.15) is 0 Å². The van der Waals surface area contributed by atoms with Crippen molar-refractivity contribution in [1.82, 2.24) is 10.0 Å². The van der Waals surface area contributed by atoms with Crippen molar-refractivity contribution in [2.24, 2.45) is 0 Å². The molecule has 130 valence electrons. The van der Waals surface area contributed by atoms with Crippen LogP contribution in [0.25, 0.3) is 0 Å². The third-order valence-corrected chi connectivity index (χ3v) is 4.48. The quantitative estimate of drug-likeness (QED) is 0.656. The Hall–Kier alpha value is -1.64. The first-order valence-corrected chi connectivity index (χ1v) is 8.81. The van der Waals surface area contributed by atoms with E-state index in [0.717, 1.165) is 0 Å². The Labute approximate surface area is 137 Å². The second-order valence-corrected chi connectivity index (χ2v) is 6.96. The molecule has 0 aliphatic rings. The van der Waals surface area contributed by atoms with E-state index in [4.69, 9.17) is 9.47 Å². The van der Waals surface area contributed by atoms with Crippen LogP contribution in [0.1, 0.15) is 30.6 Å². The lowest BCUT2D eigenvalue weighted by Gasteiger charge is -2.11. The topological polar surface area (TPSA) is 93.7 Å². The number of rotatable bonds is 9. The molecule has 0 atom stereocenters. The summed E-state index contributed by atoms with van der Waals surface area (Å²) in [6, 6.07) is 4.28.